The molecule has 0 spiro atoms. The Balaban J connectivity index is 0. The summed E-state index contributed by atoms with van der Waals surface area (Å²) in [6.07, 6.45) is 6.58. The molecule has 0 heterocycles. The van der Waals surface area contributed by atoms with E-state index in [9.17, 15) is 0 Å². The molecule has 6 nitrogen and oxygen atoms in total. The lowest BCUT2D eigenvalue weighted by Gasteiger charge is -1.97. The summed E-state index contributed by atoms with van der Waals surface area (Å²) in [5.74, 6) is 1.45. The molecule has 0 atom stereocenters. The number of nitrogens with two attached hydrogens (primary N) is 1. The molecule has 6 heteroatoms. The SMILES string of the molecule is CCCCCCCNN.O=C(O)C(=O)O. The second kappa shape index (κ2) is 12.9. The van der Waals surface area contributed by atoms with Gasteiger partial charge in [0.05, 0.1) is 0 Å². The van der Waals surface area contributed by atoms with Gasteiger partial charge >= 0.3 is 11.9 Å². The number of hydrazine groups is 1. The highest BCUT2D eigenvalue weighted by molar-refractivity contribution is 6.27. The Labute approximate surface area is 89.4 Å². The number of unbranched alkanes of at least 4 members (excludes halogenated alkanes) is 4. The van der Waals surface area contributed by atoms with Crippen LogP contribution in [0.5, 0.6) is 0 Å². The van der Waals surface area contributed by atoms with Crippen LogP contribution in [0.4, 0.5) is 0 Å². The van der Waals surface area contributed by atoms with Gasteiger partial charge in [0.2, 0.25) is 0 Å². The van der Waals surface area contributed by atoms with Crippen molar-refractivity contribution in [3.8, 4) is 0 Å². The highest BCUT2D eigenvalue weighted by atomic mass is 16.4. The highest BCUT2D eigenvalue weighted by Gasteiger charge is 2.04. The van der Waals surface area contributed by atoms with E-state index in [1.807, 2.05) is 0 Å². The second-order valence-electron chi connectivity index (χ2n) is 2.98. The number of carboxylic acid groups (broad SMARTS) is 2. The number of hydrogen-bond donors (Lipinski definition) is 4. The largest absolute Gasteiger partial charge is 0.473 e. The number of nitrogens with one attached hydrogen (secondary N) is 1. The average Bonchev–Trinajstić information content (AvgIpc) is 2.18. The Morgan fingerprint density at radius 3 is 1.87 bits per heavy atom. The maximum atomic E-state index is 9.10. The minimum Gasteiger partial charge on any atom is -0.473 e. The molecule has 0 saturated heterocycles. The minimum absolute atomic E-state index is 0.962. The first-order chi connectivity index (χ1) is 7.06. The lowest BCUT2D eigenvalue weighted by molar-refractivity contribution is -0.159. The van der Waals surface area contributed by atoms with Crippen LogP contribution < -0.4 is 11.3 Å². The summed E-state index contributed by atoms with van der Waals surface area (Å²) in [6, 6.07) is 0. The fraction of sp³-hybridized carbons (Fsp3) is 0.778. The van der Waals surface area contributed by atoms with Gasteiger partial charge in [-0.15, -0.1) is 0 Å². The lowest BCUT2D eigenvalue weighted by Crippen LogP contribution is -2.22. The third-order valence-electron chi connectivity index (χ3n) is 1.61. The molecule has 0 aliphatic rings. The quantitative estimate of drug-likeness (QED) is 0.225. The molecule has 0 aliphatic carbocycles. The van der Waals surface area contributed by atoms with Gasteiger partial charge in [-0.2, -0.15) is 0 Å². The molecule has 0 saturated carbocycles. The molecule has 0 radical (unpaired) electrons. The molecule has 90 valence electrons. The normalized spacial score (nSPS) is 8.93. The molecular weight excluding hydrogens is 200 g/mol. The van der Waals surface area contributed by atoms with Gasteiger partial charge in [-0.05, 0) is 6.42 Å². The van der Waals surface area contributed by atoms with E-state index in [-0.39, 0.29) is 0 Å². The van der Waals surface area contributed by atoms with E-state index in [1.165, 1.54) is 32.1 Å². The van der Waals surface area contributed by atoms with E-state index in [4.69, 9.17) is 25.6 Å². The van der Waals surface area contributed by atoms with E-state index in [0.29, 0.717) is 0 Å². The van der Waals surface area contributed by atoms with Crippen molar-refractivity contribution in [2.75, 3.05) is 6.54 Å². The van der Waals surface area contributed by atoms with E-state index >= 15 is 0 Å². The fourth-order valence-corrected chi connectivity index (χ4v) is 0.831. The van der Waals surface area contributed by atoms with Crippen LogP contribution >= 0.6 is 0 Å². The molecule has 5 N–H and O–H groups in total. The molecule has 0 fully saturated rings. The van der Waals surface area contributed by atoms with Gasteiger partial charge in [0.1, 0.15) is 0 Å². The summed E-state index contributed by atoms with van der Waals surface area (Å²) < 4.78 is 0. The number of aliphatic carboxylic acids is 2. The molecular formula is C9H20N2O4. The van der Waals surface area contributed by atoms with Crippen LogP contribution in [0, 0.1) is 0 Å². The van der Waals surface area contributed by atoms with Gasteiger partial charge in [-0.3, -0.25) is 11.3 Å². The van der Waals surface area contributed by atoms with E-state index < -0.39 is 11.9 Å². The number of carboxylic acids is 2. The molecule has 15 heavy (non-hydrogen) atoms. The fourth-order valence-electron chi connectivity index (χ4n) is 0.831. The van der Waals surface area contributed by atoms with Crippen LogP contribution in [0.3, 0.4) is 0 Å². The number of hydrogen-bond acceptors (Lipinski definition) is 4. The summed E-state index contributed by atoms with van der Waals surface area (Å²) >= 11 is 0. The Bertz CT molecular complexity index is 155. The standard InChI is InChI=1S/C7H18N2.C2H2O4/c1-2-3-4-5-6-7-9-8;3-1(4)2(5)6/h9H,2-8H2,1H3;(H,3,4)(H,5,6). The first kappa shape index (κ1) is 16.3. The van der Waals surface area contributed by atoms with Crippen LogP contribution in [0.25, 0.3) is 0 Å². The first-order valence-corrected chi connectivity index (χ1v) is 4.95. The number of rotatable bonds is 6. The van der Waals surface area contributed by atoms with E-state index in [1.54, 1.807) is 0 Å². The lowest BCUT2D eigenvalue weighted by atomic mass is 10.2. The van der Waals surface area contributed by atoms with Crippen LogP contribution in [0.2, 0.25) is 0 Å². The van der Waals surface area contributed by atoms with E-state index in [0.717, 1.165) is 6.54 Å². The van der Waals surface area contributed by atoms with Crippen molar-refractivity contribution in [3.63, 3.8) is 0 Å². The van der Waals surface area contributed by atoms with Crippen molar-refractivity contribution in [3.05, 3.63) is 0 Å². The third kappa shape index (κ3) is 19.3. The van der Waals surface area contributed by atoms with Crippen molar-refractivity contribution in [2.24, 2.45) is 5.84 Å². The predicted molar refractivity (Wildman–Crippen MR) is 56.2 cm³/mol. The van der Waals surface area contributed by atoms with Crippen molar-refractivity contribution in [2.45, 2.75) is 39.0 Å². The molecule has 0 aromatic heterocycles. The Morgan fingerprint density at radius 1 is 1.07 bits per heavy atom. The van der Waals surface area contributed by atoms with Gasteiger partial charge in [-0.25, -0.2) is 9.59 Å². The highest BCUT2D eigenvalue weighted by Crippen LogP contribution is 2.00. The zero-order valence-corrected chi connectivity index (χ0v) is 9.03. The third-order valence-corrected chi connectivity index (χ3v) is 1.61. The zero-order valence-electron chi connectivity index (χ0n) is 9.03. The molecule has 0 aromatic carbocycles. The van der Waals surface area contributed by atoms with Crippen LogP contribution in [-0.4, -0.2) is 28.7 Å². The van der Waals surface area contributed by atoms with Gasteiger partial charge in [0.15, 0.2) is 0 Å². The van der Waals surface area contributed by atoms with Gasteiger partial charge in [0, 0.05) is 6.54 Å². The Kier molecular flexibility index (Phi) is 14.0. The van der Waals surface area contributed by atoms with Gasteiger partial charge < -0.3 is 10.2 Å². The second-order valence-corrected chi connectivity index (χ2v) is 2.98. The Morgan fingerprint density at radius 2 is 1.53 bits per heavy atom. The monoisotopic (exact) mass is 220 g/mol. The molecule has 0 unspecified atom stereocenters. The van der Waals surface area contributed by atoms with Crippen molar-refractivity contribution in [1.29, 1.82) is 0 Å². The first-order valence-electron chi connectivity index (χ1n) is 4.95. The minimum atomic E-state index is -1.82. The van der Waals surface area contributed by atoms with Crippen LogP contribution in [0.1, 0.15) is 39.0 Å². The number of carbonyl (C=O) groups is 2. The molecule has 0 aliphatic heterocycles. The Hall–Kier alpha value is -1.14. The maximum Gasteiger partial charge on any atom is 0.414 e. The molecule has 0 amide bonds. The van der Waals surface area contributed by atoms with Crippen molar-refractivity contribution >= 4 is 11.9 Å². The predicted octanol–water partition coefficient (Wildman–Crippen LogP) is 0.576. The molecule has 0 rings (SSSR count). The van der Waals surface area contributed by atoms with Crippen LogP contribution in [-0.2, 0) is 9.59 Å². The van der Waals surface area contributed by atoms with Gasteiger partial charge in [0.25, 0.3) is 0 Å². The van der Waals surface area contributed by atoms with Crippen LogP contribution in [0.15, 0.2) is 0 Å². The van der Waals surface area contributed by atoms with Gasteiger partial charge in [-0.1, -0.05) is 32.6 Å². The summed E-state index contributed by atoms with van der Waals surface area (Å²) in [7, 11) is 0. The summed E-state index contributed by atoms with van der Waals surface area (Å²) in [4.78, 5) is 18.2. The van der Waals surface area contributed by atoms with Crippen molar-refractivity contribution < 1.29 is 19.8 Å². The van der Waals surface area contributed by atoms with E-state index in [2.05, 4.69) is 12.3 Å². The summed E-state index contributed by atoms with van der Waals surface area (Å²) in [5, 5.41) is 14.8. The summed E-state index contributed by atoms with van der Waals surface area (Å²) in [6.45, 7) is 3.19. The van der Waals surface area contributed by atoms with Crippen molar-refractivity contribution in [1.82, 2.24) is 5.43 Å². The smallest absolute Gasteiger partial charge is 0.414 e. The molecule has 0 aromatic rings. The maximum absolute atomic E-state index is 9.10. The summed E-state index contributed by atoms with van der Waals surface area (Å²) in [5.41, 5.74) is 2.64. The average molecular weight is 220 g/mol. The topological polar surface area (TPSA) is 113 Å². The zero-order chi connectivity index (χ0) is 12.1. The molecule has 0 bridgehead atoms.